The molecule has 0 saturated carbocycles. The van der Waals surface area contributed by atoms with Crippen LogP contribution in [0.15, 0.2) is 35.5 Å². The Morgan fingerprint density at radius 1 is 1.38 bits per heavy atom. The van der Waals surface area contributed by atoms with E-state index in [1.807, 2.05) is 0 Å². The number of nitrogens with one attached hydrogen (secondary N) is 1. The number of benzene rings is 1. The number of carbonyl (C=O) groups excluding carboxylic acids is 1. The van der Waals surface area contributed by atoms with Gasteiger partial charge in [0.1, 0.15) is 16.7 Å². The van der Waals surface area contributed by atoms with E-state index in [1.165, 1.54) is 24.5 Å². The summed E-state index contributed by atoms with van der Waals surface area (Å²) in [6, 6.07) is 4.43. The van der Waals surface area contributed by atoms with Crippen molar-refractivity contribution in [1.29, 1.82) is 0 Å². The van der Waals surface area contributed by atoms with Gasteiger partial charge in [0.15, 0.2) is 0 Å². The minimum absolute atomic E-state index is 0.190. The Bertz CT molecular complexity index is 680. The fourth-order valence-electron chi connectivity index (χ4n) is 2.18. The molecule has 1 aliphatic rings. The van der Waals surface area contributed by atoms with Crippen molar-refractivity contribution >= 4 is 29.3 Å². The summed E-state index contributed by atoms with van der Waals surface area (Å²) in [4.78, 5) is 20.9. The van der Waals surface area contributed by atoms with Gasteiger partial charge in [0.05, 0.1) is 18.4 Å². The van der Waals surface area contributed by atoms with E-state index in [0.717, 1.165) is 22.6 Å². The smallest absolute Gasteiger partial charge is 0.271 e. The lowest BCUT2D eigenvalue weighted by Gasteiger charge is -2.25. The lowest BCUT2D eigenvalue weighted by Crippen LogP contribution is -2.31. The second-order valence-corrected chi connectivity index (χ2v) is 6.09. The van der Waals surface area contributed by atoms with Crippen molar-refractivity contribution in [2.24, 2.45) is 0 Å². The number of carbonyl (C=O) groups is 1. The van der Waals surface area contributed by atoms with Gasteiger partial charge in [0.2, 0.25) is 0 Å². The van der Waals surface area contributed by atoms with E-state index >= 15 is 0 Å². The molecule has 1 atom stereocenters. The minimum atomic E-state index is -0.341. The standard InChI is InChI=1S/C14H11ClFN3OS/c15-13-7-17-11(6-18-13)14(20)19-10-3-4-21-12-2-1-8(16)5-9(10)12/h1-2,5-7,10H,3-4H2,(H,19,20). The molecule has 3 rings (SSSR count). The van der Waals surface area contributed by atoms with E-state index in [0.29, 0.717) is 0 Å². The van der Waals surface area contributed by atoms with Gasteiger partial charge in [0.25, 0.3) is 5.91 Å². The van der Waals surface area contributed by atoms with Gasteiger partial charge >= 0.3 is 0 Å². The number of nitrogens with zero attached hydrogens (tertiary/aromatic N) is 2. The molecule has 1 amide bonds. The molecule has 1 unspecified atom stereocenters. The number of fused-ring (bicyclic) bond motifs is 1. The monoisotopic (exact) mass is 323 g/mol. The zero-order valence-corrected chi connectivity index (χ0v) is 12.4. The molecule has 2 aromatic rings. The molecular formula is C14H11ClFN3OS. The Morgan fingerprint density at radius 3 is 3.00 bits per heavy atom. The second-order valence-electron chi connectivity index (χ2n) is 4.57. The van der Waals surface area contributed by atoms with Crippen LogP contribution in [0.2, 0.25) is 5.15 Å². The molecule has 21 heavy (non-hydrogen) atoms. The van der Waals surface area contributed by atoms with Gasteiger partial charge in [-0.15, -0.1) is 11.8 Å². The van der Waals surface area contributed by atoms with Crippen LogP contribution in [0, 0.1) is 5.82 Å². The van der Waals surface area contributed by atoms with Crippen LogP contribution in [-0.4, -0.2) is 21.6 Å². The van der Waals surface area contributed by atoms with Gasteiger partial charge in [-0.1, -0.05) is 11.6 Å². The summed E-state index contributed by atoms with van der Waals surface area (Å²) in [5, 5.41) is 3.10. The SMILES string of the molecule is O=C(NC1CCSc2ccc(F)cc21)c1cnc(Cl)cn1. The number of aromatic nitrogens is 2. The predicted molar refractivity (Wildman–Crippen MR) is 79.0 cm³/mol. The Morgan fingerprint density at radius 2 is 2.24 bits per heavy atom. The molecule has 7 heteroatoms. The maximum Gasteiger partial charge on any atom is 0.271 e. The number of hydrogen-bond acceptors (Lipinski definition) is 4. The van der Waals surface area contributed by atoms with Crippen LogP contribution < -0.4 is 5.32 Å². The number of amides is 1. The fourth-order valence-corrected chi connectivity index (χ4v) is 3.38. The fraction of sp³-hybridized carbons (Fsp3) is 0.214. The van der Waals surface area contributed by atoms with Gasteiger partial charge in [-0.3, -0.25) is 4.79 Å². The topological polar surface area (TPSA) is 54.9 Å². The molecule has 1 aromatic carbocycles. The third-order valence-electron chi connectivity index (χ3n) is 3.17. The maximum absolute atomic E-state index is 13.4. The van der Waals surface area contributed by atoms with E-state index in [1.54, 1.807) is 17.8 Å². The molecule has 0 radical (unpaired) electrons. The average molecular weight is 324 g/mol. The first kappa shape index (κ1) is 14.3. The molecule has 108 valence electrons. The Hall–Kier alpha value is -1.66. The quantitative estimate of drug-likeness (QED) is 0.922. The highest BCUT2D eigenvalue weighted by Crippen LogP contribution is 2.36. The van der Waals surface area contributed by atoms with Crippen molar-refractivity contribution in [3.8, 4) is 0 Å². The molecule has 0 aliphatic carbocycles. The Labute approximate surface area is 130 Å². The van der Waals surface area contributed by atoms with Crippen LogP contribution in [0.1, 0.15) is 28.5 Å². The first-order chi connectivity index (χ1) is 10.1. The molecule has 0 spiro atoms. The van der Waals surface area contributed by atoms with Crippen LogP contribution in [0.3, 0.4) is 0 Å². The van der Waals surface area contributed by atoms with E-state index in [4.69, 9.17) is 11.6 Å². The third-order valence-corrected chi connectivity index (χ3v) is 4.49. The molecule has 4 nitrogen and oxygen atoms in total. The Kier molecular flexibility index (Phi) is 4.07. The molecule has 1 aliphatic heterocycles. The summed E-state index contributed by atoms with van der Waals surface area (Å²) in [5.74, 6) is 0.226. The third kappa shape index (κ3) is 3.16. The molecule has 0 bridgehead atoms. The number of rotatable bonds is 2. The lowest BCUT2D eigenvalue weighted by molar-refractivity contribution is 0.0929. The molecule has 0 saturated heterocycles. The highest BCUT2D eigenvalue weighted by Gasteiger charge is 2.23. The highest BCUT2D eigenvalue weighted by atomic mass is 35.5. The van der Waals surface area contributed by atoms with Gasteiger partial charge in [0, 0.05) is 10.6 Å². The van der Waals surface area contributed by atoms with Gasteiger partial charge in [-0.2, -0.15) is 0 Å². The summed E-state index contributed by atoms with van der Waals surface area (Å²) >= 11 is 7.31. The predicted octanol–water partition coefficient (Wildman–Crippen LogP) is 3.24. The number of thioether (sulfide) groups is 1. The van der Waals surface area contributed by atoms with Gasteiger partial charge < -0.3 is 5.32 Å². The normalized spacial score (nSPS) is 17.1. The summed E-state index contributed by atoms with van der Waals surface area (Å²) in [6.07, 6.45) is 3.39. The van der Waals surface area contributed by atoms with E-state index in [2.05, 4.69) is 15.3 Å². The summed E-state index contributed by atoms with van der Waals surface area (Å²) in [7, 11) is 0. The van der Waals surface area contributed by atoms with E-state index in [-0.39, 0.29) is 28.6 Å². The van der Waals surface area contributed by atoms with Crippen LogP contribution in [0.25, 0.3) is 0 Å². The molecule has 0 fully saturated rings. The highest BCUT2D eigenvalue weighted by molar-refractivity contribution is 7.99. The zero-order chi connectivity index (χ0) is 14.8. The Balaban J connectivity index is 1.81. The van der Waals surface area contributed by atoms with E-state index < -0.39 is 0 Å². The summed E-state index contributed by atoms with van der Waals surface area (Å²) in [6.45, 7) is 0. The zero-order valence-electron chi connectivity index (χ0n) is 10.8. The van der Waals surface area contributed by atoms with Crippen molar-refractivity contribution in [2.75, 3.05) is 5.75 Å². The number of halogens is 2. The van der Waals surface area contributed by atoms with Gasteiger partial charge in [-0.25, -0.2) is 14.4 Å². The number of hydrogen-bond donors (Lipinski definition) is 1. The summed E-state index contributed by atoms with van der Waals surface area (Å²) in [5.41, 5.74) is 0.997. The van der Waals surface area contributed by atoms with Crippen molar-refractivity contribution in [3.05, 3.63) is 52.8 Å². The first-order valence-electron chi connectivity index (χ1n) is 6.34. The van der Waals surface area contributed by atoms with E-state index in [9.17, 15) is 9.18 Å². The minimum Gasteiger partial charge on any atom is -0.344 e. The summed E-state index contributed by atoms with van der Waals surface area (Å²) < 4.78 is 13.4. The van der Waals surface area contributed by atoms with Crippen LogP contribution in [-0.2, 0) is 0 Å². The van der Waals surface area contributed by atoms with Crippen molar-refractivity contribution in [1.82, 2.24) is 15.3 Å². The average Bonchev–Trinajstić information content (AvgIpc) is 2.48. The first-order valence-corrected chi connectivity index (χ1v) is 7.70. The lowest BCUT2D eigenvalue weighted by atomic mass is 10.0. The molecule has 1 N–H and O–H groups in total. The van der Waals surface area contributed by atoms with Crippen LogP contribution in [0.4, 0.5) is 4.39 Å². The second kappa shape index (κ2) is 5.99. The van der Waals surface area contributed by atoms with Crippen molar-refractivity contribution < 1.29 is 9.18 Å². The molecular weight excluding hydrogens is 313 g/mol. The molecule has 2 heterocycles. The van der Waals surface area contributed by atoms with Crippen LogP contribution in [0.5, 0.6) is 0 Å². The largest absolute Gasteiger partial charge is 0.344 e. The van der Waals surface area contributed by atoms with Crippen LogP contribution >= 0.6 is 23.4 Å². The molecule has 1 aromatic heterocycles. The van der Waals surface area contributed by atoms with Crippen molar-refractivity contribution in [2.45, 2.75) is 17.4 Å². The van der Waals surface area contributed by atoms with Gasteiger partial charge in [-0.05, 0) is 30.2 Å². The maximum atomic E-state index is 13.4. The van der Waals surface area contributed by atoms with Crippen molar-refractivity contribution in [3.63, 3.8) is 0 Å².